The van der Waals surface area contributed by atoms with Crippen molar-refractivity contribution in [2.24, 2.45) is 5.92 Å². The van der Waals surface area contributed by atoms with Gasteiger partial charge >= 0.3 is 5.97 Å². The Balaban J connectivity index is 1.87. The van der Waals surface area contributed by atoms with Gasteiger partial charge in [-0.05, 0) is 61.6 Å². The largest absolute Gasteiger partial charge is 0.492 e. The molecule has 5 nitrogen and oxygen atoms in total. The number of carbonyl (C=O) groups is 2. The van der Waals surface area contributed by atoms with Gasteiger partial charge in [0.15, 0.2) is 0 Å². The van der Waals surface area contributed by atoms with Crippen LogP contribution >= 0.6 is 11.6 Å². The standard InChI is InChI=1S/C25H30ClNO4/c1-4-30-23(28)21-15-20(11-12-22(21)31-16-17(2)3)27-24(29)25(13-5-6-14-25)18-7-9-19(26)10-8-18/h7-12,15,17H,4-6,13-14,16H2,1-3H3,(H,27,29). The van der Waals surface area contributed by atoms with Crippen molar-refractivity contribution in [2.75, 3.05) is 18.5 Å². The molecule has 31 heavy (non-hydrogen) atoms. The van der Waals surface area contributed by atoms with Crippen LogP contribution in [0, 0.1) is 5.92 Å². The summed E-state index contributed by atoms with van der Waals surface area (Å²) in [4.78, 5) is 25.9. The molecule has 1 N–H and O–H groups in total. The Labute approximate surface area is 189 Å². The zero-order chi connectivity index (χ0) is 22.4. The molecule has 3 rings (SSSR count). The van der Waals surface area contributed by atoms with Gasteiger partial charge in [0.2, 0.25) is 5.91 Å². The van der Waals surface area contributed by atoms with Gasteiger partial charge in [-0.25, -0.2) is 4.79 Å². The van der Waals surface area contributed by atoms with Gasteiger partial charge in [-0.15, -0.1) is 0 Å². The van der Waals surface area contributed by atoms with Crippen LogP contribution in [0.5, 0.6) is 5.75 Å². The maximum atomic E-state index is 13.4. The summed E-state index contributed by atoms with van der Waals surface area (Å²) in [5.41, 5.74) is 1.23. The molecule has 0 radical (unpaired) electrons. The van der Waals surface area contributed by atoms with Crippen molar-refractivity contribution < 1.29 is 19.1 Å². The minimum Gasteiger partial charge on any atom is -0.492 e. The number of carbonyl (C=O) groups excluding carboxylic acids is 2. The normalized spacial score (nSPS) is 15.0. The van der Waals surface area contributed by atoms with E-state index in [9.17, 15) is 9.59 Å². The van der Waals surface area contributed by atoms with E-state index in [-0.39, 0.29) is 12.5 Å². The van der Waals surface area contributed by atoms with E-state index in [4.69, 9.17) is 21.1 Å². The molecule has 2 aromatic rings. The minimum atomic E-state index is -0.596. The molecule has 0 aliphatic heterocycles. The number of nitrogens with one attached hydrogen (secondary N) is 1. The summed E-state index contributed by atoms with van der Waals surface area (Å²) in [5.74, 6) is 0.234. The van der Waals surface area contributed by atoms with Crippen LogP contribution in [0.1, 0.15) is 62.4 Å². The average molecular weight is 444 g/mol. The third-order valence-electron chi connectivity index (χ3n) is 5.59. The lowest BCUT2D eigenvalue weighted by Gasteiger charge is -2.28. The van der Waals surface area contributed by atoms with Crippen LogP contribution in [0.15, 0.2) is 42.5 Å². The number of ether oxygens (including phenoxy) is 2. The Morgan fingerprint density at radius 3 is 2.39 bits per heavy atom. The summed E-state index contributed by atoms with van der Waals surface area (Å²) in [6, 6.07) is 12.6. The number of amides is 1. The molecular formula is C25H30ClNO4. The number of anilines is 1. The first kappa shape index (κ1) is 23.1. The van der Waals surface area contributed by atoms with Crippen LogP contribution in [0.2, 0.25) is 5.02 Å². The first-order chi connectivity index (χ1) is 14.9. The fraction of sp³-hybridized carbons (Fsp3) is 0.440. The lowest BCUT2D eigenvalue weighted by atomic mass is 9.78. The number of esters is 1. The van der Waals surface area contributed by atoms with Crippen molar-refractivity contribution in [1.29, 1.82) is 0 Å². The van der Waals surface area contributed by atoms with Gasteiger partial charge in [0.25, 0.3) is 0 Å². The van der Waals surface area contributed by atoms with E-state index in [1.165, 1.54) is 0 Å². The maximum absolute atomic E-state index is 13.4. The van der Waals surface area contributed by atoms with Crippen molar-refractivity contribution >= 4 is 29.2 Å². The lowest BCUT2D eigenvalue weighted by molar-refractivity contribution is -0.121. The molecule has 0 saturated heterocycles. The van der Waals surface area contributed by atoms with Crippen LogP contribution in [0.4, 0.5) is 5.69 Å². The third kappa shape index (κ3) is 5.40. The summed E-state index contributed by atoms with van der Waals surface area (Å²) in [6.07, 6.45) is 3.54. The molecule has 1 aliphatic rings. The molecule has 2 aromatic carbocycles. The van der Waals surface area contributed by atoms with Crippen molar-refractivity contribution in [3.63, 3.8) is 0 Å². The van der Waals surface area contributed by atoms with Crippen LogP contribution < -0.4 is 10.1 Å². The van der Waals surface area contributed by atoms with Crippen molar-refractivity contribution in [3.05, 3.63) is 58.6 Å². The highest BCUT2D eigenvalue weighted by molar-refractivity contribution is 6.30. The van der Waals surface area contributed by atoms with Gasteiger partial charge in [-0.3, -0.25) is 4.79 Å². The molecular weight excluding hydrogens is 414 g/mol. The van der Waals surface area contributed by atoms with Crippen LogP contribution in [0.25, 0.3) is 0 Å². The lowest BCUT2D eigenvalue weighted by Crippen LogP contribution is -2.38. The van der Waals surface area contributed by atoms with Gasteiger partial charge in [0, 0.05) is 10.7 Å². The highest BCUT2D eigenvalue weighted by atomic mass is 35.5. The van der Waals surface area contributed by atoms with Crippen molar-refractivity contribution in [1.82, 2.24) is 0 Å². The second kappa shape index (κ2) is 10.2. The molecule has 1 aliphatic carbocycles. The molecule has 1 saturated carbocycles. The first-order valence-corrected chi connectivity index (χ1v) is 11.2. The molecule has 0 spiro atoms. The van der Waals surface area contributed by atoms with E-state index in [1.807, 2.05) is 38.1 Å². The zero-order valence-electron chi connectivity index (χ0n) is 18.4. The summed E-state index contributed by atoms with van der Waals surface area (Å²) < 4.78 is 11.0. The van der Waals surface area contributed by atoms with E-state index in [0.717, 1.165) is 31.2 Å². The van der Waals surface area contributed by atoms with Gasteiger partial charge < -0.3 is 14.8 Å². The van der Waals surface area contributed by atoms with Crippen molar-refractivity contribution in [3.8, 4) is 5.75 Å². The summed E-state index contributed by atoms with van der Waals surface area (Å²) in [6.45, 7) is 6.58. The van der Waals surface area contributed by atoms with E-state index in [1.54, 1.807) is 25.1 Å². The second-order valence-electron chi connectivity index (χ2n) is 8.39. The SMILES string of the molecule is CCOC(=O)c1cc(NC(=O)C2(c3ccc(Cl)cc3)CCCC2)ccc1OCC(C)C. The molecule has 0 bridgehead atoms. The Kier molecular flexibility index (Phi) is 7.60. The Bertz CT molecular complexity index is 918. The smallest absolute Gasteiger partial charge is 0.341 e. The Hall–Kier alpha value is -2.53. The Morgan fingerprint density at radius 2 is 1.77 bits per heavy atom. The number of hydrogen-bond acceptors (Lipinski definition) is 4. The van der Waals surface area contributed by atoms with Crippen molar-refractivity contribution in [2.45, 2.75) is 51.9 Å². The third-order valence-corrected chi connectivity index (χ3v) is 5.85. The fourth-order valence-corrected chi connectivity index (χ4v) is 4.13. The zero-order valence-corrected chi connectivity index (χ0v) is 19.1. The highest BCUT2D eigenvalue weighted by Crippen LogP contribution is 2.42. The molecule has 1 fully saturated rings. The van der Waals surface area contributed by atoms with Gasteiger partial charge in [-0.2, -0.15) is 0 Å². The second-order valence-corrected chi connectivity index (χ2v) is 8.82. The Morgan fingerprint density at radius 1 is 1.10 bits per heavy atom. The van der Waals surface area contributed by atoms with Crippen LogP contribution in [-0.2, 0) is 14.9 Å². The number of benzene rings is 2. The molecule has 0 heterocycles. The summed E-state index contributed by atoms with van der Waals surface area (Å²) in [7, 11) is 0. The molecule has 0 unspecified atom stereocenters. The number of rotatable bonds is 8. The molecule has 0 aromatic heterocycles. The first-order valence-electron chi connectivity index (χ1n) is 10.9. The van der Waals surface area contributed by atoms with Crippen LogP contribution in [0.3, 0.4) is 0 Å². The highest BCUT2D eigenvalue weighted by Gasteiger charge is 2.42. The van der Waals surface area contributed by atoms with Crippen LogP contribution in [-0.4, -0.2) is 25.1 Å². The maximum Gasteiger partial charge on any atom is 0.341 e. The number of halogens is 1. The predicted molar refractivity (Wildman–Crippen MR) is 123 cm³/mol. The predicted octanol–water partition coefficient (Wildman–Crippen LogP) is 6.00. The van der Waals surface area contributed by atoms with Gasteiger partial charge in [0.1, 0.15) is 11.3 Å². The van der Waals surface area contributed by atoms with E-state index in [2.05, 4.69) is 5.32 Å². The van der Waals surface area contributed by atoms with E-state index < -0.39 is 11.4 Å². The van der Waals surface area contributed by atoms with Gasteiger partial charge in [-0.1, -0.05) is 50.4 Å². The molecule has 1 amide bonds. The monoisotopic (exact) mass is 443 g/mol. The summed E-state index contributed by atoms with van der Waals surface area (Å²) in [5, 5.41) is 3.68. The van der Waals surface area contributed by atoms with E-state index in [0.29, 0.717) is 34.5 Å². The molecule has 166 valence electrons. The topological polar surface area (TPSA) is 64.6 Å². The average Bonchev–Trinajstić information content (AvgIpc) is 3.24. The minimum absolute atomic E-state index is 0.0713. The van der Waals surface area contributed by atoms with Gasteiger partial charge in [0.05, 0.1) is 18.6 Å². The summed E-state index contributed by atoms with van der Waals surface area (Å²) >= 11 is 6.05. The number of hydrogen-bond donors (Lipinski definition) is 1. The molecule has 6 heteroatoms. The van der Waals surface area contributed by atoms with E-state index >= 15 is 0 Å². The molecule has 0 atom stereocenters. The fourth-order valence-electron chi connectivity index (χ4n) is 4.00. The quantitative estimate of drug-likeness (QED) is 0.508.